The molecule has 1 nitrogen and oxygen atoms in total. The number of allylic oxidation sites excluding steroid dienone is 3. The molecule has 0 aromatic rings. The van der Waals surface area contributed by atoms with E-state index in [0.717, 1.165) is 0 Å². The van der Waals surface area contributed by atoms with Crippen molar-refractivity contribution in [3.63, 3.8) is 0 Å². The Morgan fingerprint density at radius 3 is 2.38 bits per heavy atom. The first-order valence-electron chi connectivity index (χ1n) is 4.18. The average Bonchev–Trinajstić information content (AvgIpc) is 2.04. The van der Waals surface area contributed by atoms with Crippen LogP contribution in [0.15, 0.2) is 28.9 Å². The summed E-state index contributed by atoms with van der Waals surface area (Å²) < 4.78 is 26.2. The quantitative estimate of drug-likeness (QED) is 0.596. The van der Waals surface area contributed by atoms with E-state index in [1.165, 1.54) is 19.2 Å². The van der Waals surface area contributed by atoms with Gasteiger partial charge in [0.05, 0.1) is 0 Å². The summed E-state index contributed by atoms with van der Waals surface area (Å²) in [4.78, 5) is 3.74. The number of halogens is 2. The van der Waals surface area contributed by atoms with Crippen LogP contribution >= 0.6 is 0 Å². The number of alkyl halides is 2. The van der Waals surface area contributed by atoms with Crippen LogP contribution in [0.25, 0.3) is 0 Å². The van der Waals surface area contributed by atoms with Gasteiger partial charge in [-0.15, -0.1) is 0 Å². The van der Waals surface area contributed by atoms with E-state index < -0.39 is 5.92 Å². The summed E-state index contributed by atoms with van der Waals surface area (Å²) in [5, 5.41) is 0. The average molecular weight is 187 g/mol. The molecule has 0 aromatic heterocycles. The fourth-order valence-electron chi connectivity index (χ4n) is 0.764. The molecule has 74 valence electrons. The first-order chi connectivity index (χ1) is 5.94. The molecule has 0 atom stereocenters. The van der Waals surface area contributed by atoms with Crippen LogP contribution in [0.3, 0.4) is 0 Å². The van der Waals surface area contributed by atoms with Gasteiger partial charge in [-0.2, -0.15) is 0 Å². The minimum Gasteiger partial charge on any atom is -0.262 e. The van der Waals surface area contributed by atoms with E-state index in [0.29, 0.717) is 5.70 Å². The maximum Gasteiger partial charge on any atom is 0.274 e. The van der Waals surface area contributed by atoms with E-state index in [9.17, 15) is 8.78 Å². The van der Waals surface area contributed by atoms with Gasteiger partial charge in [-0.3, -0.25) is 4.99 Å². The first kappa shape index (κ1) is 12.0. The van der Waals surface area contributed by atoms with Crippen molar-refractivity contribution in [1.82, 2.24) is 0 Å². The molecule has 0 N–H and O–H groups in total. The van der Waals surface area contributed by atoms with Crippen LogP contribution in [-0.4, -0.2) is 12.1 Å². The smallest absolute Gasteiger partial charge is 0.262 e. The van der Waals surface area contributed by atoms with Crippen molar-refractivity contribution in [2.75, 3.05) is 0 Å². The van der Waals surface area contributed by atoms with Crippen molar-refractivity contribution in [1.29, 1.82) is 0 Å². The number of nitrogens with zero attached hydrogens (tertiary/aromatic N) is 1. The van der Waals surface area contributed by atoms with Gasteiger partial charge in [0.15, 0.2) is 0 Å². The number of rotatable bonds is 4. The summed E-state index contributed by atoms with van der Waals surface area (Å²) in [6, 6.07) is 0. The van der Waals surface area contributed by atoms with Crippen molar-refractivity contribution in [2.24, 2.45) is 4.99 Å². The largest absolute Gasteiger partial charge is 0.274 e. The lowest BCUT2D eigenvalue weighted by Crippen LogP contribution is -2.18. The van der Waals surface area contributed by atoms with Gasteiger partial charge in [-0.05, 0) is 13.8 Å². The van der Waals surface area contributed by atoms with E-state index in [-0.39, 0.29) is 12.0 Å². The Labute approximate surface area is 77.9 Å². The third-order valence-corrected chi connectivity index (χ3v) is 1.60. The van der Waals surface area contributed by atoms with Gasteiger partial charge < -0.3 is 0 Å². The van der Waals surface area contributed by atoms with Gasteiger partial charge in [0, 0.05) is 23.9 Å². The number of hydrogen-bond donors (Lipinski definition) is 0. The van der Waals surface area contributed by atoms with Gasteiger partial charge in [0.1, 0.15) is 0 Å². The first-order valence-corrected chi connectivity index (χ1v) is 4.18. The molecule has 0 saturated carbocycles. The van der Waals surface area contributed by atoms with E-state index >= 15 is 0 Å². The minimum atomic E-state index is -2.78. The maximum absolute atomic E-state index is 13.1. The molecule has 0 amide bonds. The Kier molecular flexibility index (Phi) is 4.52. The molecule has 0 bridgehead atoms. The van der Waals surface area contributed by atoms with E-state index in [1.54, 1.807) is 13.8 Å². The lowest BCUT2D eigenvalue weighted by atomic mass is 10.1. The van der Waals surface area contributed by atoms with Crippen LogP contribution in [0.5, 0.6) is 0 Å². The Hall–Kier alpha value is -0.990. The highest BCUT2D eigenvalue weighted by atomic mass is 19.3. The van der Waals surface area contributed by atoms with Gasteiger partial charge in [-0.25, -0.2) is 8.78 Å². The predicted molar refractivity (Wildman–Crippen MR) is 52.3 cm³/mol. The fraction of sp³-hybridized carbons (Fsp3) is 0.500. The zero-order chi connectivity index (χ0) is 10.5. The van der Waals surface area contributed by atoms with Gasteiger partial charge >= 0.3 is 0 Å². The van der Waals surface area contributed by atoms with Gasteiger partial charge in [0.2, 0.25) is 0 Å². The van der Waals surface area contributed by atoms with Crippen LogP contribution in [-0.2, 0) is 0 Å². The standard InChI is InChI=1S/C10H15F2N/c1-5-9(7-13-8(3)4)10(11,12)6-2/h5,7H,3,6H2,1-2,4H3/b9-5+,13-7?. The molecule has 0 radical (unpaired) electrons. The van der Waals surface area contributed by atoms with Crippen molar-refractivity contribution in [3.8, 4) is 0 Å². The van der Waals surface area contributed by atoms with Crippen LogP contribution in [0.4, 0.5) is 8.78 Å². The van der Waals surface area contributed by atoms with E-state index in [2.05, 4.69) is 11.6 Å². The van der Waals surface area contributed by atoms with Crippen LogP contribution in [0.1, 0.15) is 27.2 Å². The molecule has 0 aliphatic carbocycles. The Morgan fingerprint density at radius 1 is 1.54 bits per heavy atom. The van der Waals surface area contributed by atoms with Crippen LogP contribution in [0.2, 0.25) is 0 Å². The molecule has 0 saturated heterocycles. The predicted octanol–water partition coefficient (Wildman–Crippen LogP) is 3.58. The van der Waals surface area contributed by atoms with E-state index in [4.69, 9.17) is 0 Å². The molecule has 0 spiro atoms. The molecule has 0 unspecified atom stereocenters. The summed E-state index contributed by atoms with van der Waals surface area (Å²) in [5.74, 6) is -2.78. The van der Waals surface area contributed by atoms with Crippen LogP contribution < -0.4 is 0 Å². The van der Waals surface area contributed by atoms with Crippen molar-refractivity contribution < 1.29 is 8.78 Å². The van der Waals surface area contributed by atoms with Gasteiger partial charge in [-0.1, -0.05) is 19.6 Å². The summed E-state index contributed by atoms with van der Waals surface area (Å²) in [7, 11) is 0. The molecule has 0 heterocycles. The highest BCUT2D eigenvalue weighted by Gasteiger charge is 2.29. The Bertz CT molecular complexity index is 239. The topological polar surface area (TPSA) is 12.4 Å². The maximum atomic E-state index is 13.1. The molecular formula is C10H15F2N. The second-order valence-corrected chi connectivity index (χ2v) is 2.80. The van der Waals surface area contributed by atoms with Crippen LogP contribution in [0, 0.1) is 0 Å². The van der Waals surface area contributed by atoms with Crippen molar-refractivity contribution >= 4 is 6.21 Å². The molecule has 0 aliphatic heterocycles. The second kappa shape index (κ2) is 4.90. The number of hydrogen-bond acceptors (Lipinski definition) is 1. The van der Waals surface area contributed by atoms with Crippen molar-refractivity contribution in [2.45, 2.75) is 33.1 Å². The lowest BCUT2D eigenvalue weighted by Gasteiger charge is -2.14. The third kappa shape index (κ3) is 3.97. The highest BCUT2D eigenvalue weighted by molar-refractivity contribution is 5.81. The normalized spacial score (nSPS) is 13.8. The van der Waals surface area contributed by atoms with Gasteiger partial charge in [0.25, 0.3) is 5.92 Å². The molecule has 13 heavy (non-hydrogen) atoms. The summed E-state index contributed by atoms with van der Waals surface area (Å²) >= 11 is 0. The summed E-state index contributed by atoms with van der Waals surface area (Å²) in [6.07, 6.45) is 2.33. The fourth-order valence-corrected chi connectivity index (χ4v) is 0.764. The molecule has 3 heteroatoms. The zero-order valence-corrected chi connectivity index (χ0v) is 8.27. The monoisotopic (exact) mass is 187 g/mol. The zero-order valence-electron chi connectivity index (χ0n) is 8.27. The van der Waals surface area contributed by atoms with E-state index in [1.807, 2.05) is 0 Å². The molecule has 0 aliphatic rings. The molecule has 0 rings (SSSR count). The SMILES string of the molecule is C=C(C)N=C/C(=C\C)C(F)(F)CC. The molecule has 0 fully saturated rings. The third-order valence-electron chi connectivity index (χ3n) is 1.60. The second-order valence-electron chi connectivity index (χ2n) is 2.80. The van der Waals surface area contributed by atoms with Crippen molar-refractivity contribution in [3.05, 3.63) is 23.9 Å². The minimum absolute atomic E-state index is 0.0574. The summed E-state index contributed by atoms with van der Waals surface area (Å²) in [6.45, 7) is 8.18. The summed E-state index contributed by atoms with van der Waals surface area (Å²) in [5.41, 5.74) is 0.462. The number of aliphatic imine (C=N–C) groups is 1. The molecular weight excluding hydrogens is 172 g/mol. The Morgan fingerprint density at radius 2 is 2.08 bits per heavy atom. The lowest BCUT2D eigenvalue weighted by molar-refractivity contribution is 0.0444. The molecule has 0 aromatic carbocycles. The highest BCUT2D eigenvalue weighted by Crippen LogP contribution is 2.26. The Balaban J connectivity index is 4.65.